The van der Waals surface area contributed by atoms with E-state index in [0.29, 0.717) is 22.5 Å². The number of hydrogen-bond acceptors (Lipinski definition) is 2. The highest BCUT2D eigenvalue weighted by Crippen LogP contribution is 2.22. The van der Waals surface area contributed by atoms with E-state index in [4.69, 9.17) is 28.3 Å². The van der Waals surface area contributed by atoms with Crippen LogP contribution in [0, 0.1) is 5.92 Å². The van der Waals surface area contributed by atoms with Crippen LogP contribution in [0.4, 0.5) is 0 Å². The van der Waals surface area contributed by atoms with Gasteiger partial charge in [-0.2, -0.15) is 0 Å². The average molecular weight is 318 g/mol. The molecule has 0 aliphatic rings. The average Bonchev–Trinajstić information content (AvgIpc) is 2.40. The highest BCUT2D eigenvalue weighted by atomic mass is 35.5. The van der Waals surface area contributed by atoms with Gasteiger partial charge in [-0.15, -0.1) is 0 Å². The number of aliphatic carboxylic acids is 1. The third-order valence-corrected chi connectivity index (χ3v) is 4.07. The van der Waals surface area contributed by atoms with Crippen molar-refractivity contribution in [2.45, 2.75) is 45.7 Å². The van der Waals surface area contributed by atoms with Gasteiger partial charge in [-0.1, -0.05) is 42.6 Å². The van der Waals surface area contributed by atoms with Crippen LogP contribution >= 0.6 is 23.2 Å². The SMILES string of the molecule is CC(CCCC(C)C(=O)O)NCc1ccc(Cl)c(Cl)c1. The molecule has 2 unspecified atom stereocenters. The molecule has 1 aromatic carbocycles. The molecule has 112 valence electrons. The lowest BCUT2D eigenvalue weighted by Crippen LogP contribution is -2.25. The number of carboxylic acids is 1. The summed E-state index contributed by atoms with van der Waals surface area (Å²) in [5.74, 6) is -0.987. The van der Waals surface area contributed by atoms with E-state index in [1.54, 1.807) is 13.0 Å². The highest BCUT2D eigenvalue weighted by Gasteiger charge is 2.11. The first kappa shape index (κ1) is 17.3. The minimum absolute atomic E-state index is 0.266. The molecule has 0 radical (unpaired) electrons. The highest BCUT2D eigenvalue weighted by molar-refractivity contribution is 6.42. The van der Waals surface area contributed by atoms with Crippen molar-refractivity contribution < 1.29 is 9.90 Å². The molecule has 3 nitrogen and oxygen atoms in total. The first-order valence-corrected chi connectivity index (χ1v) is 7.56. The van der Waals surface area contributed by atoms with Crippen molar-refractivity contribution in [1.82, 2.24) is 5.32 Å². The fourth-order valence-corrected chi connectivity index (χ4v) is 2.22. The molecule has 2 atom stereocenters. The number of rotatable bonds is 8. The predicted molar refractivity (Wildman–Crippen MR) is 83.4 cm³/mol. The molecule has 1 aromatic rings. The van der Waals surface area contributed by atoms with Crippen molar-refractivity contribution in [3.8, 4) is 0 Å². The van der Waals surface area contributed by atoms with E-state index >= 15 is 0 Å². The minimum atomic E-state index is -0.721. The first-order chi connectivity index (χ1) is 9.40. The molecule has 0 aliphatic carbocycles. The number of hydrogen-bond donors (Lipinski definition) is 2. The molecule has 0 amide bonds. The van der Waals surface area contributed by atoms with E-state index < -0.39 is 5.97 Å². The number of benzene rings is 1. The van der Waals surface area contributed by atoms with Gasteiger partial charge < -0.3 is 10.4 Å². The Labute approximate surface area is 130 Å². The van der Waals surface area contributed by atoms with E-state index in [1.165, 1.54) is 0 Å². The molecule has 2 N–H and O–H groups in total. The maximum Gasteiger partial charge on any atom is 0.306 e. The first-order valence-electron chi connectivity index (χ1n) is 6.80. The Morgan fingerprint density at radius 3 is 2.55 bits per heavy atom. The van der Waals surface area contributed by atoms with E-state index in [-0.39, 0.29) is 5.92 Å². The van der Waals surface area contributed by atoms with Crippen LogP contribution in [0.25, 0.3) is 0 Å². The molecule has 0 heterocycles. The molecule has 0 bridgehead atoms. The Bertz CT molecular complexity index is 451. The lowest BCUT2D eigenvalue weighted by molar-refractivity contribution is -0.141. The number of nitrogens with one attached hydrogen (secondary N) is 1. The Hall–Kier alpha value is -0.770. The molecule has 0 aromatic heterocycles. The van der Waals surface area contributed by atoms with Crippen molar-refractivity contribution in [3.05, 3.63) is 33.8 Å². The maximum absolute atomic E-state index is 10.7. The fourth-order valence-electron chi connectivity index (χ4n) is 1.90. The van der Waals surface area contributed by atoms with Gasteiger partial charge in [0.15, 0.2) is 0 Å². The largest absolute Gasteiger partial charge is 0.481 e. The van der Waals surface area contributed by atoms with Crippen molar-refractivity contribution in [3.63, 3.8) is 0 Å². The van der Waals surface area contributed by atoms with Crippen LogP contribution < -0.4 is 5.32 Å². The third kappa shape index (κ3) is 6.12. The van der Waals surface area contributed by atoms with Crippen LogP contribution in [0.15, 0.2) is 18.2 Å². The fraction of sp³-hybridized carbons (Fsp3) is 0.533. The van der Waals surface area contributed by atoms with Crippen LogP contribution in [0.3, 0.4) is 0 Å². The molecule has 0 saturated heterocycles. The lowest BCUT2D eigenvalue weighted by atomic mass is 10.0. The van der Waals surface area contributed by atoms with E-state index in [9.17, 15) is 4.79 Å². The Kier molecular flexibility index (Phi) is 7.35. The molecule has 0 saturated carbocycles. The number of carboxylic acid groups (broad SMARTS) is 1. The maximum atomic E-state index is 10.7. The summed E-state index contributed by atoms with van der Waals surface area (Å²) in [5.41, 5.74) is 1.09. The molecule has 0 fully saturated rings. The molecule has 20 heavy (non-hydrogen) atoms. The van der Waals surface area contributed by atoms with Gasteiger partial charge in [0.1, 0.15) is 0 Å². The molecular formula is C15H21Cl2NO2. The predicted octanol–water partition coefficient (Wildman–Crippen LogP) is 4.36. The topological polar surface area (TPSA) is 49.3 Å². The van der Waals surface area contributed by atoms with Crippen LogP contribution in [-0.4, -0.2) is 17.1 Å². The summed E-state index contributed by atoms with van der Waals surface area (Å²) in [5, 5.41) is 13.3. The Morgan fingerprint density at radius 2 is 1.95 bits per heavy atom. The summed E-state index contributed by atoms with van der Waals surface area (Å²) >= 11 is 11.8. The third-order valence-electron chi connectivity index (χ3n) is 3.33. The lowest BCUT2D eigenvalue weighted by Gasteiger charge is -2.15. The Balaban J connectivity index is 2.27. The van der Waals surface area contributed by atoms with Crippen molar-refractivity contribution in [2.24, 2.45) is 5.92 Å². The Morgan fingerprint density at radius 1 is 1.25 bits per heavy atom. The van der Waals surface area contributed by atoms with Crippen LogP contribution in [-0.2, 0) is 11.3 Å². The molecular weight excluding hydrogens is 297 g/mol. The van der Waals surface area contributed by atoms with Crippen molar-refractivity contribution in [2.75, 3.05) is 0 Å². The van der Waals surface area contributed by atoms with Gasteiger partial charge in [0.05, 0.1) is 16.0 Å². The minimum Gasteiger partial charge on any atom is -0.481 e. The van der Waals surface area contributed by atoms with Gasteiger partial charge >= 0.3 is 5.97 Å². The monoisotopic (exact) mass is 317 g/mol. The van der Waals surface area contributed by atoms with Gasteiger partial charge in [0.2, 0.25) is 0 Å². The van der Waals surface area contributed by atoms with Crippen LogP contribution in [0.2, 0.25) is 10.0 Å². The van der Waals surface area contributed by atoms with E-state index in [0.717, 1.165) is 24.9 Å². The van der Waals surface area contributed by atoms with Crippen LogP contribution in [0.1, 0.15) is 38.7 Å². The summed E-state index contributed by atoms with van der Waals surface area (Å²) < 4.78 is 0. The van der Waals surface area contributed by atoms with Crippen molar-refractivity contribution in [1.29, 1.82) is 0 Å². The zero-order valence-electron chi connectivity index (χ0n) is 11.8. The number of halogens is 2. The second-order valence-electron chi connectivity index (χ2n) is 5.20. The standard InChI is InChI=1S/C15H21Cl2NO2/c1-10(15(19)20)4-3-5-11(2)18-9-12-6-7-13(16)14(17)8-12/h6-8,10-11,18H,3-5,9H2,1-2H3,(H,19,20). The quantitative estimate of drug-likeness (QED) is 0.748. The zero-order valence-corrected chi connectivity index (χ0v) is 13.3. The second kappa shape index (κ2) is 8.50. The van der Waals surface area contributed by atoms with Gasteiger partial charge in [0, 0.05) is 12.6 Å². The molecule has 1 rings (SSSR count). The number of carbonyl (C=O) groups is 1. The molecule has 0 spiro atoms. The summed E-state index contributed by atoms with van der Waals surface area (Å²) in [4.78, 5) is 10.7. The summed E-state index contributed by atoms with van der Waals surface area (Å²) in [6, 6.07) is 5.93. The molecule has 5 heteroatoms. The summed E-state index contributed by atoms with van der Waals surface area (Å²) in [6.07, 6.45) is 2.58. The summed E-state index contributed by atoms with van der Waals surface area (Å²) in [7, 11) is 0. The van der Waals surface area contributed by atoms with Crippen molar-refractivity contribution >= 4 is 29.2 Å². The van der Waals surface area contributed by atoms with E-state index in [2.05, 4.69) is 12.2 Å². The normalized spacial score (nSPS) is 14.0. The zero-order chi connectivity index (χ0) is 15.1. The van der Waals surface area contributed by atoms with E-state index in [1.807, 2.05) is 12.1 Å². The van der Waals surface area contributed by atoms with Crippen LogP contribution in [0.5, 0.6) is 0 Å². The van der Waals surface area contributed by atoms with Gasteiger partial charge in [0.25, 0.3) is 0 Å². The van der Waals surface area contributed by atoms with Gasteiger partial charge in [-0.3, -0.25) is 4.79 Å². The molecule has 0 aliphatic heterocycles. The van der Waals surface area contributed by atoms with Gasteiger partial charge in [-0.05, 0) is 37.5 Å². The summed E-state index contributed by atoms with van der Waals surface area (Å²) in [6.45, 7) is 4.58. The second-order valence-corrected chi connectivity index (χ2v) is 6.01. The smallest absolute Gasteiger partial charge is 0.306 e. The van der Waals surface area contributed by atoms with Gasteiger partial charge in [-0.25, -0.2) is 0 Å².